The minimum absolute atomic E-state index is 0.110. The van der Waals surface area contributed by atoms with Crippen molar-refractivity contribution in [3.63, 3.8) is 0 Å². The lowest BCUT2D eigenvalue weighted by Crippen LogP contribution is -2.15. The first-order valence-electron chi connectivity index (χ1n) is 9.04. The number of rotatable bonds is 4. The predicted octanol–water partition coefficient (Wildman–Crippen LogP) is 4.83. The number of carbonyl (C=O) groups excluding carboxylic acids is 1. The van der Waals surface area contributed by atoms with Crippen LogP contribution in [0.25, 0.3) is 16.9 Å². The van der Waals surface area contributed by atoms with Crippen LogP contribution >= 0.6 is 0 Å². The number of nitrogens with one attached hydrogen (secondary N) is 1. The van der Waals surface area contributed by atoms with E-state index in [-0.39, 0.29) is 5.91 Å². The van der Waals surface area contributed by atoms with Crippen molar-refractivity contribution in [3.05, 3.63) is 54.4 Å². The van der Waals surface area contributed by atoms with Crippen LogP contribution in [0.15, 0.2) is 48.8 Å². The number of nitrogens with zero attached hydrogens (tertiary/aromatic N) is 2. The molecule has 4 heteroatoms. The number of imidazole rings is 1. The summed E-state index contributed by atoms with van der Waals surface area (Å²) in [4.78, 5) is 17.2. The van der Waals surface area contributed by atoms with Gasteiger partial charge in [0.1, 0.15) is 5.65 Å². The highest BCUT2D eigenvalue weighted by Crippen LogP contribution is 2.30. The first-order chi connectivity index (χ1) is 12.2. The van der Waals surface area contributed by atoms with Crippen LogP contribution in [-0.2, 0) is 4.79 Å². The highest BCUT2D eigenvalue weighted by atomic mass is 16.1. The summed E-state index contributed by atoms with van der Waals surface area (Å²) in [5, 5.41) is 3.11. The van der Waals surface area contributed by atoms with E-state index in [0.29, 0.717) is 12.3 Å². The Labute approximate surface area is 147 Å². The molecule has 1 saturated carbocycles. The molecule has 0 atom stereocenters. The van der Waals surface area contributed by atoms with Gasteiger partial charge in [0.15, 0.2) is 0 Å². The van der Waals surface area contributed by atoms with Gasteiger partial charge in [-0.2, -0.15) is 0 Å². The van der Waals surface area contributed by atoms with Crippen molar-refractivity contribution < 1.29 is 4.79 Å². The lowest BCUT2D eigenvalue weighted by molar-refractivity contribution is -0.117. The Hall–Kier alpha value is -2.62. The molecule has 2 heterocycles. The topological polar surface area (TPSA) is 46.4 Å². The molecule has 0 radical (unpaired) electrons. The summed E-state index contributed by atoms with van der Waals surface area (Å²) in [7, 11) is 0. The number of amides is 1. The smallest absolute Gasteiger partial charge is 0.224 e. The van der Waals surface area contributed by atoms with Crippen LogP contribution in [0.4, 0.5) is 5.69 Å². The van der Waals surface area contributed by atoms with Gasteiger partial charge in [0.25, 0.3) is 0 Å². The average molecular weight is 333 g/mol. The van der Waals surface area contributed by atoms with Crippen molar-refractivity contribution >= 4 is 17.2 Å². The van der Waals surface area contributed by atoms with Gasteiger partial charge in [-0.3, -0.25) is 4.79 Å². The zero-order valence-electron chi connectivity index (χ0n) is 14.5. The molecule has 0 aliphatic heterocycles. The Morgan fingerprint density at radius 2 is 2.00 bits per heavy atom. The molecule has 0 spiro atoms. The SMILES string of the molecule is Cc1cccn2cc(-c3ccccc3NC(=O)CC3CCCC3)nc12. The summed E-state index contributed by atoms with van der Waals surface area (Å²) in [6, 6.07) is 12.0. The van der Waals surface area contributed by atoms with Gasteiger partial charge in [0.2, 0.25) is 5.91 Å². The average Bonchev–Trinajstić information content (AvgIpc) is 3.25. The number of carbonyl (C=O) groups is 1. The van der Waals surface area contributed by atoms with Crippen molar-refractivity contribution in [2.45, 2.75) is 39.0 Å². The highest BCUT2D eigenvalue weighted by Gasteiger charge is 2.19. The zero-order chi connectivity index (χ0) is 17.2. The molecule has 1 amide bonds. The van der Waals surface area contributed by atoms with Crippen molar-refractivity contribution in [1.82, 2.24) is 9.38 Å². The summed E-state index contributed by atoms with van der Waals surface area (Å²) in [5.74, 6) is 0.657. The molecule has 1 aliphatic rings. The molecule has 3 aromatic rings. The summed E-state index contributed by atoms with van der Waals surface area (Å²) < 4.78 is 2.03. The van der Waals surface area contributed by atoms with Crippen molar-refractivity contribution in [1.29, 1.82) is 0 Å². The van der Waals surface area contributed by atoms with E-state index >= 15 is 0 Å². The molecule has 1 aromatic carbocycles. The van der Waals surface area contributed by atoms with Crippen LogP contribution < -0.4 is 5.32 Å². The van der Waals surface area contributed by atoms with Gasteiger partial charge in [0, 0.05) is 24.4 Å². The maximum Gasteiger partial charge on any atom is 0.224 e. The number of fused-ring (bicyclic) bond motifs is 1. The Bertz CT molecular complexity index is 906. The first-order valence-corrected chi connectivity index (χ1v) is 9.04. The second-order valence-electron chi connectivity index (χ2n) is 7.00. The number of aromatic nitrogens is 2. The third kappa shape index (κ3) is 3.29. The second-order valence-corrected chi connectivity index (χ2v) is 7.00. The number of aryl methyl sites for hydroxylation is 1. The standard InChI is InChI=1S/C21H23N3O/c1-15-7-6-12-24-14-19(23-21(15)24)17-10-4-5-11-18(17)22-20(25)13-16-8-2-3-9-16/h4-7,10-12,14,16H,2-3,8-9,13H2,1H3,(H,22,25). The van der Waals surface area contributed by atoms with Gasteiger partial charge in [-0.1, -0.05) is 37.1 Å². The highest BCUT2D eigenvalue weighted by molar-refractivity contribution is 5.95. The minimum Gasteiger partial charge on any atom is -0.325 e. The summed E-state index contributed by atoms with van der Waals surface area (Å²) >= 11 is 0. The normalized spacial score (nSPS) is 14.9. The third-order valence-corrected chi connectivity index (χ3v) is 5.10. The van der Waals surface area contributed by atoms with Crippen molar-refractivity contribution in [3.8, 4) is 11.3 Å². The van der Waals surface area contributed by atoms with E-state index in [0.717, 1.165) is 28.2 Å². The van der Waals surface area contributed by atoms with Crippen LogP contribution in [0.5, 0.6) is 0 Å². The lowest BCUT2D eigenvalue weighted by atomic mass is 10.0. The van der Waals surface area contributed by atoms with E-state index in [2.05, 4.69) is 18.3 Å². The quantitative estimate of drug-likeness (QED) is 0.743. The number of hydrogen-bond acceptors (Lipinski definition) is 2. The van der Waals surface area contributed by atoms with E-state index < -0.39 is 0 Å². The van der Waals surface area contributed by atoms with Gasteiger partial charge in [-0.05, 0) is 43.4 Å². The molecule has 4 nitrogen and oxygen atoms in total. The van der Waals surface area contributed by atoms with Crippen LogP contribution in [0.3, 0.4) is 0 Å². The molecule has 128 valence electrons. The fourth-order valence-electron chi connectivity index (χ4n) is 3.78. The zero-order valence-corrected chi connectivity index (χ0v) is 14.5. The molecule has 2 aromatic heterocycles. The molecule has 0 bridgehead atoms. The van der Waals surface area contributed by atoms with E-state index in [1.807, 2.05) is 47.1 Å². The van der Waals surface area contributed by atoms with Crippen LogP contribution in [0, 0.1) is 12.8 Å². The van der Waals surface area contributed by atoms with E-state index in [1.165, 1.54) is 25.7 Å². The molecule has 0 unspecified atom stereocenters. The number of para-hydroxylation sites is 1. The summed E-state index contributed by atoms with van der Waals surface area (Å²) in [5.41, 5.74) is 4.77. The number of anilines is 1. The molecule has 1 fully saturated rings. The number of benzene rings is 1. The van der Waals surface area contributed by atoms with E-state index in [1.54, 1.807) is 0 Å². The lowest BCUT2D eigenvalue weighted by Gasteiger charge is -2.12. The Morgan fingerprint density at radius 1 is 1.20 bits per heavy atom. The summed E-state index contributed by atoms with van der Waals surface area (Å²) in [6.45, 7) is 2.06. The second kappa shape index (κ2) is 6.71. The van der Waals surface area contributed by atoms with Crippen molar-refractivity contribution in [2.24, 2.45) is 5.92 Å². The van der Waals surface area contributed by atoms with Crippen LogP contribution in [-0.4, -0.2) is 15.3 Å². The molecule has 0 saturated heterocycles. The van der Waals surface area contributed by atoms with E-state index in [4.69, 9.17) is 4.98 Å². The molecule has 1 N–H and O–H groups in total. The molecule has 25 heavy (non-hydrogen) atoms. The maximum atomic E-state index is 12.4. The molecular weight excluding hydrogens is 310 g/mol. The monoisotopic (exact) mass is 333 g/mol. The molecular formula is C21H23N3O. The van der Waals surface area contributed by atoms with Gasteiger partial charge in [-0.15, -0.1) is 0 Å². The Balaban J connectivity index is 1.61. The largest absolute Gasteiger partial charge is 0.325 e. The minimum atomic E-state index is 0.110. The number of hydrogen-bond donors (Lipinski definition) is 1. The fraction of sp³-hybridized carbons (Fsp3) is 0.333. The fourth-order valence-corrected chi connectivity index (χ4v) is 3.78. The molecule has 1 aliphatic carbocycles. The first kappa shape index (κ1) is 15.9. The molecule has 4 rings (SSSR count). The van der Waals surface area contributed by atoms with Gasteiger partial charge in [0.05, 0.1) is 11.4 Å². The maximum absolute atomic E-state index is 12.4. The summed E-state index contributed by atoms with van der Waals surface area (Å²) in [6.07, 6.45) is 9.52. The van der Waals surface area contributed by atoms with Gasteiger partial charge in [-0.25, -0.2) is 4.98 Å². The van der Waals surface area contributed by atoms with Gasteiger partial charge < -0.3 is 9.72 Å². The van der Waals surface area contributed by atoms with E-state index in [9.17, 15) is 4.79 Å². The Morgan fingerprint density at radius 3 is 2.80 bits per heavy atom. The predicted molar refractivity (Wildman–Crippen MR) is 101 cm³/mol. The van der Waals surface area contributed by atoms with Crippen molar-refractivity contribution in [2.75, 3.05) is 5.32 Å². The number of pyridine rings is 1. The third-order valence-electron chi connectivity index (χ3n) is 5.10. The van der Waals surface area contributed by atoms with Gasteiger partial charge >= 0.3 is 0 Å². The van der Waals surface area contributed by atoms with Crippen LogP contribution in [0.1, 0.15) is 37.7 Å². The van der Waals surface area contributed by atoms with Crippen LogP contribution in [0.2, 0.25) is 0 Å². The Kier molecular flexibility index (Phi) is 4.26.